The number of hydrogen-bond acceptors (Lipinski definition) is 6. The number of aliphatic hydroxyl groups excluding tert-OH is 1. The standard InChI is InChI=1S/C66H133N2O6P/c1-6-8-10-12-14-16-18-20-22-24-25-26-27-28-29-30-31-32-33-34-35-36-37-38-39-40-41-42-44-46-48-50-52-54-56-58-60-66(70)67-64(63-74-75(71,72)73-62-61-68(3,4)5)65(69)59-57-55-53-51-49-47-45-43-23-21-19-17-15-13-11-9-7-2/h57,59,64-65,69H,6-56,58,60-63H2,1-5H3,(H-,67,70,71,72)/b59-57+/t64-,65+/m0/s1. The van der Waals surface area contributed by atoms with Gasteiger partial charge in [0.1, 0.15) is 13.2 Å². The molecule has 0 aromatic carbocycles. The number of hydrogen-bond donors (Lipinski definition) is 2. The Balaban J connectivity index is 3.92. The second-order valence-corrected chi connectivity index (χ2v) is 26.0. The minimum atomic E-state index is -4.59. The van der Waals surface area contributed by atoms with E-state index in [0.717, 1.165) is 38.5 Å². The fourth-order valence-electron chi connectivity index (χ4n) is 10.5. The van der Waals surface area contributed by atoms with Crippen LogP contribution in [0.3, 0.4) is 0 Å². The Morgan fingerprint density at radius 3 is 1.00 bits per heavy atom. The number of phosphoric acid groups is 1. The third kappa shape index (κ3) is 60.7. The van der Waals surface area contributed by atoms with Crippen molar-refractivity contribution in [3.05, 3.63) is 12.2 Å². The minimum Gasteiger partial charge on any atom is -0.756 e. The molecule has 0 aliphatic carbocycles. The lowest BCUT2D eigenvalue weighted by Crippen LogP contribution is -2.45. The van der Waals surface area contributed by atoms with E-state index in [4.69, 9.17) is 9.05 Å². The number of rotatable bonds is 63. The van der Waals surface area contributed by atoms with E-state index in [1.54, 1.807) is 6.08 Å². The van der Waals surface area contributed by atoms with Crippen LogP contribution in [0.4, 0.5) is 0 Å². The van der Waals surface area contributed by atoms with Crippen molar-refractivity contribution in [3.63, 3.8) is 0 Å². The van der Waals surface area contributed by atoms with Gasteiger partial charge in [-0.25, -0.2) is 0 Å². The third-order valence-electron chi connectivity index (χ3n) is 15.7. The zero-order valence-corrected chi connectivity index (χ0v) is 52.2. The van der Waals surface area contributed by atoms with E-state index in [-0.39, 0.29) is 19.1 Å². The van der Waals surface area contributed by atoms with Crippen molar-refractivity contribution in [1.82, 2.24) is 5.32 Å². The van der Waals surface area contributed by atoms with Crippen molar-refractivity contribution in [1.29, 1.82) is 0 Å². The number of quaternary nitrogens is 1. The normalized spacial score (nSPS) is 13.7. The van der Waals surface area contributed by atoms with Crippen LogP contribution in [-0.4, -0.2) is 68.5 Å². The van der Waals surface area contributed by atoms with Crippen LogP contribution in [0.15, 0.2) is 12.2 Å². The Hall–Kier alpha value is -0.760. The average Bonchev–Trinajstić information content (AvgIpc) is 3.37. The van der Waals surface area contributed by atoms with E-state index in [0.29, 0.717) is 17.4 Å². The fraction of sp³-hybridized carbons (Fsp3) is 0.955. The number of allylic oxidation sites excluding steroid dienone is 1. The average molecular weight is 1080 g/mol. The van der Waals surface area contributed by atoms with E-state index in [2.05, 4.69) is 19.2 Å². The number of carbonyl (C=O) groups excluding carboxylic acids is 1. The van der Waals surface area contributed by atoms with Crippen molar-refractivity contribution in [2.24, 2.45) is 0 Å². The fourth-order valence-corrected chi connectivity index (χ4v) is 11.2. The van der Waals surface area contributed by atoms with Crippen molar-refractivity contribution in [2.45, 2.75) is 366 Å². The molecule has 0 rings (SSSR count). The summed E-state index contributed by atoms with van der Waals surface area (Å²) < 4.78 is 23.4. The highest BCUT2D eigenvalue weighted by atomic mass is 31.2. The molecule has 2 N–H and O–H groups in total. The van der Waals surface area contributed by atoms with Gasteiger partial charge < -0.3 is 28.8 Å². The maximum atomic E-state index is 13.0. The van der Waals surface area contributed by atoms with Crippen molar-refractivity contribution in [3.8, 4) is 0 Å². The van der Waals surface area contributed by atoms with E-state index < -0.39 is 20.0 Å². The molecule has 0 radical (unpaired) electrons. The van der Waals surface area contributed by atoms with Crippen molar-refractivity contribution >= 4 is 13.7 Å². The third-order valence-corrected chi connectivity index (χ3v) is 16.7. The van der Waals surface area contributed by atoms with Crippen LogP contribution in [-0.2, 0) is 18.4 Å². The summed E-state index contributed by atoms with van der Waals surface area (Å²) in [6, 6.07) is -0.882. The number of likely N-dealkylation sites (N-methyl/N-ethyl adjacent to an activating group) is 1. The van der Waals surface area contributed by atoms with Crippen LogP contribution in [0.25, 0.3) is 0 Å². The first-order chi connectivity index (χ1) is 36.5. The van der Waals surface area contributed by atoms with Gasteiger partial charge >= 0.3 is 0 Å². The Morgan fingerprint density at radius 2 is 0.720 bits per heavy atom. The van der Waals surface area contributed by atoms with Gasteiger partial charge in [-0.05, 0) is 19.3 Å². The Morgan fingerprint density at radius 1 is 0.453 bits per heavy atom. The van der Waals surface area contributed by atoms with Gasteiger partial charge in [-0.3, -0.25) is 9.36 Å². The monoisotopic (exact) mass is 1080 g/mol. The number of nitrogens with zero attached hydrogens (tertiary/aromatic N) is 1. The van der Waals surface area contributed by atoms with Gasteiger partial charge in [-0.1, -0.05) is 341 Å². The second-order valence-electron chi connectivity index (χ2n) is 24.5. The molecule has 1 amide bonds. The molecule has 3 atom stereocenters. The Labute approximate surface area is 469 Å². The van der Waals surface area contributed by atoms with Crippen molar-refractivity contribution < 1.29 is 32.9 Å². The van der Waals surface area contributed by atoms with Gasteiger partial charge in [0.15, 0.2) is 0 Å². The topological polar surface area (TPSA) is 108 Å². The molecule has 0 aliphatic heterocycles. The number of amides is 1. The maximum Gasteiger partial charge on any atom is 0.268 e. The molecule has 0 aromatic rings. The summed E-state index contributed by atoms with van der Waals surface area (Å²) in [4.78, 5) is 25.5. The molecule has 0 aromatic heterocycles. The van der Waals surface area contributed by atoms with E-state index in [1.165, 1.54) is 295 Å². The van der Waals surface area contributed by atoms with Crippen LogP contribution in [0.1, 0.15) is 354 Å². The van der Waals surface area contributed by atoms with E-state index in [1.807, 2.05) is 27.2 Å². The maximum absolute atomic E-state index is 13.0. The number of carbonyl (C=O) groups is 1. The molecule has 0 saturated heterocycles. The summed E-state index contributed by atoms with van der Waals surface area (Å²) >= 11 is 0. The summed E-state index contributed by atoms with van der Waals surface area (Å²) in [5.74, 6) is -0.189. The molecule has 0 aliphatic rings. The molecule has 75 heavy (non-hydrogen) atoms. The van der Waals surface area contributed by atoms with E-state index in [9.17, 15) is 19.4 Å². The van der Waals surface area contributed by atoms with Gasteiger partial charge in [0.05, 0.1) is 39.9 Å². The highest BCUT2D eigenvalue weighted by Gasteiger charge is 2.23. The molecular formula is C66H133N2O6P. The first kappa shape index (κ1) is 74.2. The van der Waals surface area contributed by atoms with Crippen LogP contribution >= 0.6 is 7.82 Å². The first-order valence-electron chi connectivity index (χ1n) is 33.6. The molecule has 8 nitrogen and oxygen atoms in total. The zero-order chi connectivity index (χ0) is 54.9. The molecule has 0 spiro atoms. The quantitative estimate of drug-likeness (QED) is 0.0272. The lowest BCUT2D eigenvalue weighted by molar-refractivity contribution is -0.870. The smallest absolute Gasteiger partial charge is 0.268 e. The number of phosphoric ester groups is 1. The molecule has 9 heteroatoms. The van der Waals surface area contributed by atoms with E-state index >= 15 is 0 Å². The minimum absolute atomic E-state index is 0.00275. The highest BCUT2D eigenvalue weighted by Crippen LogP contribution is 2.38. The summed E-state index contributed by atoms with van der Waals surface area (Å²) in [6.07, 6.45) is 73.4. The number of nitrogens with one attached hydrogen (secondary N) is 1. The molecule has 0 saturated carbocycles. The van der Waals surface area contributed by atoms with Crippen molar-refractivity contribution in [2.75, 3.05) is 40.9 Å². The van der Waals surface area contributed by atoms with Gasteiger partial charge in [0.2, 0.25) is 5.91 Å². The lowest BCUT2D eigenvalue weighted by Gasteiger charge is -2.29. The predicted octanol–water partition coefficient (Wildman–Crippen LogP) is 20.3. The molecule has 1 unspecified atom stereocenters. The van der Waals surface area contributed by atoms with Crippen LogP contribution in [0.5, 0.6) is 0 Å². The number of unbranched alkanes of at least 4 members (excludes halogenated alkanes) is 50. The Kier molecular flexibility index (Phi) is 57.3. The molecule has 448 valence electrons. The van der Waals surface area contributed by atoms with Gasteiger partial charge in [0.25, 0.3) is 7.82 Å². The first-order valence-corrected chi connectivity index (χ1v) is 35.0. The van der Waals surface area contributed by atoms with Crippen LogP contribution in [0.2, 0.25) is 0 Å². The zero-order valence-electron chi connectivity index (χ0n) is 51.3. The summed E-state index contributed by atoms with van der Waals surface area (Å²) in [5.41, 5.74) is 0. The summed E-state index contributed by atoms with van der Waals surface area (Å²) in [5, 5.41) is 13.9. The molecule has 0 bridgehead atoms. The van der Waals surface area contributed by atoms with Crippen LogP contribution < -0.4 is 10.2 Å². The van der Waals surface area contributed by atoms with Gasteiger partial charge in [-0.2, -0.15) is 0 Å². The predicted molar refractivity (Wildman–Crippen MR) is 326 cm³/mol. The van der Waals surface area contributed by atoms with Gasteiger partial charge in [0, 0.05) is 6.42 Å². The Bertz CT molecular complexity index is 1230. The lowest BCUT2D eigenvalue weighted by atomic mass is 10.0. The molecule has 0 fully saturated rings. The molecular weight excluding hydrogens is 948 g/mol. The largest absolute Gasteiger partial charge is 0.756 e. The summed E-state index contributed by atoms with van der Waals surface area (Å²) in [6.45, 7) is 4.71. The van der Waals surface area contributed by atoms with Gasteiger partial charge in [-0.15, -0.1) is 0 Å². The number of aliphatic hydroxyl groups is 1. The molecule has 0 heterocycles. The SMILES string of the molecule is CCCCCCCCCCCCCCCCC/C=C/[C@@H](O)[C@H](COP(=O)([O-])OCC[N+](C)(C)C)NC(=O)CCCCCCCCCCCCCCCCCCCCCCCCCCCCCCCCCCCCCC. The summed E-state index contributed by atoms with van der Waals surface area (Å²) in [7, 11) is 1.28. The second kappa shape index (κ2) is 57.9. The van der Waals surface area contributed by atoms with Crippen LogP contribution in [0, 0.1) is 0 Å². The highest BCUT2D eigenvalue weighted by molar-refractivity contribution is 7.45.